The SMILES string of the molecule is CN(C)S(=O)(=O)c1cccc(CSc2nnc(C3CC3)n2Cc2ccco2)c1. The molecule has 1 aromatic carbocycles. The van der Waals surface area contributed by atoms with Crippen molar-refractivity contribution in [3.8, 4) is 0 Å². The molecule has 28 heavy (non-hydrogen) atoms. The average Bonchev–Trinajstić information content (AvgIpc) is 3.24. The number of nitrogens with zero attached hydrogens (tertiary/aromatic N) is 4. The number of rotatable bonds is 8. The summed E-state index contributed by atoms with van der Waals surface area (Å²) in [5.41, 5.74) is 0.924. The van der Waals surface area contributed by atoms with Gasteiger partial charge in [-0.15, -0.1) is 10.2 Å². The van der Waals surface area contributed by atoms with Gasteiger partial charge in [-0.05, 0) is 42.7 Å². The summed E-state index contributed by atoms with van der Waals surface area (Å²) >= 11 is 1.55. The van der Waals surface area contributed by atoms with Crippen LogP contribution in [0.15, 0.2) is 57.1 Å². The van der Waals surface area contributed by atoms with E-state index < -0.39 is 10.0 Å². The molecule has 2 aromatic heterocycles. The molecule has 0 unspecified atom stereocenters. The zero-order chi connectivity index (χ0) is 19.7. The highest BCUT2D eigenvalue weighted by Crippen LogP contribution is 2.40. The monoisotopic (exact) mass is 418 g/mol. The molecule has 148 valence electrons. The van der Waals surface area contributed by atoms with Gasteiger partial charge in [0.2, 0.25) is 10.0 Å². The summed E-state index contributed by atoms with van der Waals surface area (Å²) in [4.78, 5) is 0.298. The molecule has 1 saturated carbocycles. The van der Waals surface area contributed by atoms with Crippen molar-refractivity contribution >= 4 is 21.8 Å². The van der Waals surface area contributed by atoms with E-state index in [1.54, 1.807) is 36.2 Å². The highest BCUT2D eigenvalue weighted by molar-refractivity contribution is 7.98. The fourth-order valence-electron chi connectivity index (χ4n) is 2.91. The van der Waals surface area contributed by atoms with Crippen LogP contribution in [-0.4, -0.2) is 41.6 Å². The van der Waals surface area contributed by atoms with E-state index >= 15 is 0 Å². The Bertz CT molecular complexity index is 1050. The lowest BCUT2D eigenvalue weighted by molar-refractivity contribution is 0.478. The maximum absolute atomic E-state index is 12.4. The molecule has 0 radical (unpaired) electrons. The van der Waals surface area contributed by atoms with Gasteiger partial charge in [-0.3, -0.25) is 4.57 Å². The highest BCUT2D eigenvalue weighted by Gasteiger charge is 2.30. The molecule has 3 aromatic rings. The van der Waals surface area contributed by atoms with Crippen LogP contribution >= 0.6 is 11.8 Å². The molecule has 0 N–H and O–H groups in total. The molecule has 9 heteroatoms. The normalized spacial score (nSPS) is 14.7. The molecule has 1 aliphatic rings. The quantitative estimate of drug-likeness (QED) is 0.522. The van der Waals surface area contributed by atoms with Gasteiger partial charge in [-0.25, -0.2) is 12.7 Å². The minimum Gasteiger partial charge on any atom is -0.467 e. The molecule has 0 amide bonds. The summed E-state index contributed by atoms with van der Waals surface area (Å²) in [5, 5.41) is 9.60. The molecular weight excluding hydrogens is 396 g/mol. The molecule has 4 rings (SSSR count). The van der Waals surface area contributed by atoms with Crippen LogP contribution in [0.25, 0.3) is 0 Å². The second-order valence-electron chi connectivity index (χ2n) is 7.00. The number of aromatic nitrogens is 3. The molecule has 0 saturated heterocycles. The minimum atomic E-state index is -3.45. The van der Waals surface area contributed by atoms with Crippen molar-refractivity contribution < 1.29 is 12.8 Å². The average molecular weight is 419 g/mol. The standard InChI is InChI=1S/C19H22N4O3S2/c1-22(2)28(24,25)17-7-3-5-14(11-17)13-27-19-21-20-18(15-8-9-15)23(19)12-16-6-4-10-26-16/h3-7,10-11,15H,8-9,12-13H2,1-2H3. The van der Waals surface area contributed by atoms with Crippen molar-refractivity contribution in [3.63, 3.8) is 0 Å². The third-order valence-corrected chi connectivity index (χ3v) is 7.48. The van der Waals surface area contributed by atoms with Crippen molar-refractivity contribution in [1.82, 2.24) is 19.1 Å². The largest absolute Gasteiger partial charge is 0.467 e. The van der Waals surface area contributed by atoms with Crippen LogP contribution in [0.1, 0.15) is 35.9 Å². The predicted molar refractivity (Wildman–Crippen MR) is 107 cm³/mol. The van der Waals surface area contributed by atoms with Gasteiger partial charge in [-0.1, -0.05) is 23.9 Å². The van der Waals surface area contributed by atoms with E-state index in [0.717, 1.165) is 35.1 Å². The van der Waals surface area contributed by atoms with Gasteiger partial charge in [-0.2, -0.15) is 0 Å². The molecule has 2 heterocycles. The van der Waals surface area contributed by atoms with E-state index in [1.165, 1.54) is 18.4 Å². The van der Waals surface area contributed by atoms with Crippen molar-refractivity contribution in [1.29, 1.82) is 0 Å². The maximum atomic E-state index is 12.4. The predicted octanol–water partition coefficient (Wildman–Crippen LogP) is 3.34. The zero-order valence-electron chi connectivity index (χ0n) is 15.8. The number of hydrogen-bond acceptors (Lipinski definition) is 6. The molecule has 7 nitrogen and oxygen atoms in total. The summed E-state index contributed by atoms with van der Waals surface area (Å²) in [7, 11) is -0.375. The topological polar surface area (TPSA) is 81.2 Å². The van der Waals surface area contributed by atoms with Crippen LogP contribution in [-0.2, 0) is 22.3 Å². The fourth-order valence-corrected chi connectivity index (χ4v) is 4.77. The lowest BCUT2D eigenvalue weighted by Gasteiger charge is -2.12. The molecular formula is C19H22N4O3S2. The van der Waals surface area contributed by atoms with Gasteiger partial charge in [0.05, 0.1) is 17.7 Å². The maximum Gasteiger partial charge on any atom is 0.242 e. The summed E-state index contributed by atoms with van der Waals surface area (Å²) in [5.74, 6) is 2.95. The van der Waals surface area contributed by atoms with Crippen LogP contribution in [0.5, 0.6) is 0 Å². The highest BCUT2D eigenvalue weighted by atomic mass is 32.2. The number of furan rings is 1. The smallest absolute Gasteiger partial charge is 0.242 e. The molecule has 1 aliphatic carbocycles. The van der Waals surface area contributed by atoms with Gasteiger partial charge in [0.25, 0.3) is 0 Å². The van der Waals surface area contributed by atoms with E-state index in [-0.39, 0.29) is 0 Å². The third kappa shape index (κ3) is 4.01. The summed E-state index contributed by atoms with van der Waals surface area (Å²) < 4.78 is 33.5. The number of hydrogen-bond donors (Lipinski definition) is 0. The Labute approximate surface area is 168 Å². The van der Waals surface area contributed by atoms with Gasteiger partial charge >= 0.3 is 0 Å². The van der Waals surface area contributed by atoms with Crippen molar-refractivity contribution in [2.45, 2.75) is 41.1 Å². The van der Waals surface area contributed by atoms with Gasteiger partial charge in [0.1, 0.15) is 11.6 Å². The molecule has 1 fully saturated rings. The Morgan fingerprint density at radius 2 is 2.04 bits per heavy atom. The summed E-state index contributed by atoms with van der Waals surface area (Å²) in [6, 6.07) is 10.9. The molecule has 0 spiro atoms. The number of benzene rings is 1. The van der Waals surface area contributed by atoms with Crippen LogP contribution in [0.2, 0.25) is 0 Å². The van der Waals surface area contributed by atoms with Crippen LogP contribution in [0.4, 0.5) is 0 Å². The Hall–Kier alpha value is -2.10. The first-order chi connectivity index (χ1) is 13.4. The van der Waals surface area contributed by atoms with Crippen LogP contribution in [0.3, 0.4) is 0 Å². The van der Waals surface area contributed by atoms with Crippen LogP contribution < -0.4 is 0 Å². The first-order valence-electron chi connectivity index (χ1n) is 9.05. The van der Waals surface area contributed by atoms with E-state index in [1.807, 2.05) is 18.2 Å². The second kappa shape index (κ2) is 7.73. The summed E-state index contributed by atoms with van der Waals surface area (Å²) in [6.07, 6.45) is 3.96. The van der Waals surface area contributed by atoms with E-state index in [0.29, 0.717) is 23.1 Å². The van der Waals surface area contributed by atoms with Crippen LogP contribution in [0, 0.1) is 0 Å². The third-order valence-electron chi connectivity index (χ3n) is 4.63. The van der Waals surface area contributed by atoms with Crippen molar-refractivity contribution in [2.24, 2.45) is 0 Å². The summed E-state index contributed by atoms with van der Waals surface area (Å²) in [6.45, 7) is 0.600. The Morgan fingerprint density at radius 1 is 1.21 bits per heavy atom. The Kier molecular flexibility index (Phi) is 5.31. The lowest BCUT2D eigenvalue weighted by atomic mass is 10.2. The number of thioether (sulfide) groups is 1. The van der Waals surface area contributed by atoms with Gasteiger partial charge in [0.15, 0.2) is 5.16 Å². The molecule has 0 bridgehead atoms. The van der Waals surface area contributed by atoms with Gasteiger partial charge < -0.3 is 4.42 Å². The first-order valence-corrected chi connectivity index (χ1v) is 11.5. The van der Waals surface area contributed by atoms with E-state index in [9.17, 15) is 8.42 Å². The first kappa shape index (κ1) is 19.2. The van der Waals surface area contributed by atoms with E-state index in [4.69, 9.17) is 4.42 Å². The van der Waals surface area contributed by atoms with Crippen molar-refractivity contribution in [2.75, 3.05) is 14.1 Å². The van der Waals surface area contributed by atoms with E-state index in [2.05, 4.69) is 14.8 Å². The zero-order valence-corrected chi connectivity index (χ0v) is 17.4. The fraction of sp³-hybridized carbons (Fsp3) is 0.368. The minimum absolute atomic E-state index is 0.298. The second-order valence-corrected chi connectivity index (χ2v) is 10.1. The Balaban J connectivity index is 1.54. The molecule has 0 aliphatic heterocycles. The van der Waals surface area contributed by atoms with Gasteiger partial charge in [0, 0.05) is 25.8 Å². The lowest BCUT2D eigenvalue weighted by Crippen LogP contribution is -2.22. The van der Waals surface area contributed by atoms with Crippen molar-refractivity contribution in [3.05, 3.63) is 59.8 Å². The Morgan fingerprint density at radius 3 is 2.71 bits per heavy atom. The number of sulfonamides is 1. The molecule has 0 atom stereocenters.